The Morgan fingerprint density at radius 3 is 1.92 bits per heavy atom. The zero-order valence-corrected chi connectivity index (χ0v) is 6.31. The molecule has 0 amide bonds. The Morgan fingerprint density at radius 2 is 1.58 bits per heavy atom. The molecule has 1 rings (SSSR count). The Bertz CT molecular complexity index is 273. The van der Waals surface area contributed by atoms with Gasteiger partial charge in [-0.2, -0.15) is 0 Å². The lowest BCUT2D eigenvalue weighted by Gasteiger charge is -2.04. The molecule has 12 heavy (non-hydrogen) atoms. The number of benzene rings is 1. The molecule has 0 aliphatic rings. The van der Waals surface area contributed by atoms with Gasteiger partial charge in [0.2, 0.25) is 0 Å². The molecule has 0 spiro atoms. The zero-order valence-electron chi connectivity index (χ0n) is 6.31. The first-order chi connectivity index (χ1) is 5.52. The summed E-state index contributed by atoms with van der Waals surface area (Å²) in [6.45, 7) is 1.34. The van der Waals surface area contributed by atoms with E-state index in [0.29, 0.717) is 0 Å². The van der Waals surface area contributed by atoms with Crippen LogP contribution in [-0.4, -0.2) is 5.11 Å². The van der Waals surface area contributed by atoms with E-state index in [1.807, 2.05) is 0 Å². The van der Waals surface area contributed by atoms with E-state index in [2.05, 4.69) is 0 Å². The molecular formula is C8H7F3O. The van der Waals surface area contributed by atoms with Gasteiger partial charge in [-0.05, 0) is 24.6 Å². The maximum absolute atomic E-state index is 12.5. The molecule has 1 aromatic carbocycles. The highest BCUT2D eigenvalue weighted by Crippen LogP contribution is 2.18. The molecule has 0 saturated carbocycles. The van der Waals surface area contributed by atoms with E-state index >= 15 is 0 Å². The lowest BCUT2D eigenvalue weighted by Crippen LogP contribution is -1.97. The van der Waals surface area contributed by atoms with Gasteiger partial charge in [0, 0.05) is 0 Å². The normalized spacial score (nSPS) is 13.1. The van der Waals surface area contributed by atoms with Gasteiger partial charge in [-0.25, -0.2) is 13.2 Å². The Balaban J connectivity index is 3.21. The number of rotatable bonds is 1. The second-order valence-electron chi connectivity index (χ2n) is 2.47. The molecule has 4 heteroatoms. The van der Waals surface area contributed by atoms with Gasteiger partial charge in [0.25, 0.3) is 0 Å². The summed E-state index contributed by atoms with van der Waals surface area (Å²) in [5, 5.41) is 8.91. The van der Waals surface area contributed by atoms with Crippen molar-refractivity contribution in [1.29, 1.82) is 0 Å². The van der Waals surface area contributed by atoms with E-state index in [9.17, 15) is 13.2 Å². The van der Waals surface area contributed by atoms with Crippen molar-refractivity contribution >= 4 is 0 Å². The SMILES string of the molecule is CC(O)c1cc(F)c(F)c(F)c1. The second-order valence-corrected chi connectivity index (χ2v) is 2.47. The van der Waals surface area contributed by atoms with E-state index in [1.54, 1.807) is 0 Å². The lowest BCUT2D eigenvalue weighted by atomic mass is 10.1. The van der Waals surface area contributed by atoms with E-state index in [1.165, 1.54) is 6.92 Å². The van der Waals surface area contributed by atoms with Gasteiger partial charge >= 0.3 is 0 Å². The fraction of sp³-hybridized carbons (Fsp3) is 0.250. The van der Waals surface area contributed by atoms with E-state index in [4.69, 9.17) is 5.11 Å². The molecule has 1 N–H and O–H groups in total. The highest BCUT2D eigenvalue weighted by Gasteiger charge is 2.12. The standard InChI is InChI=1S/C8H7F3O/c1-4(12)5-2-6(9)8(11)7(10)3-5/h2-4,12H,1H3. The van der Waals surface area contributed by atoms with Crippen molar-refractivity contribution in [3.63, 3.8) is 0 Å². The number of hydrogen-bond acceptors (Lipinski definition) is 1. The number of halogens is 3. The smallest absolute Gasteiger partial charge is 0.194 e. The first kappa shape index (κ1) is 9.06. The first-order valence-electron chi connectivity index (χ1n) is 3.35. The first-order valence-corrected chi connectivity index (χ1v) is 3.35. The van der Waals surface area contributed by atoms with E-state index in [-0.39, 0.29) is 5.56 Å². The van der Waals surface area contributed by atoms with Crippen LogP contribution in [0.15, 0.2) is 12.1 Å². The van der Waals surface area contributed by atoms with Crippen LogP contribution < -0.4 is 0 Å². The van der Waals surface area contributed by atoms with E-state index in [0.717, 1.165) is 12.1 Å². The van der Waals surface area contributed by atoms with Crippen LogP contribution in [0.2, 0.25) is 0 Å². The molecule has 0 bridgehead atoms. The van der Waals surface area contributed by atoms with Crippen LogP contribution >= 0.6 is 0 Å². The summed E-state index contributed by atoms with van der Waals surface area (Å²) in [5.41, 5.74) is 0.0198. The highest BCUT2D eigenvalue weighted by atomic mass is 19.2. The van der Waals surface area contributed by atoms with Crippen LogP contribution in [0.1, 0.15) is 18.6 Å². The summed E-state index contributed by atoms with van der Waals surface area (Å²) in [6.07, 6.45) is -1.01. The minimum absolute atomic E-state index is 0.0198. The largest absolute Gasteiger partial charge is 0.389 e. The third-order valence-corrected chi connectivity index (χ3v) is 1.49. The van der Waals surface area contributed by atoms with Crippen molar-refractivity contribution in [2.75, 3.05) is 0 Å². The zero-order chi connectivity index (χ0) is 9.30. The Labute approximate surface area is 67.5 Å². The number of aliphatic hydroxyl groups excluding tert-OH is 1. The van der Waals surface area contributed by atoms with Gasteiger partial charge in [-0.3, -0.25) is 0 Å². The molecule has 1 atom stereocenters. The third kappa shape index (κ3) is 1.58. The Morgan fingerprint density at radius 1 is 1.17 bits per heavy atom. The van der Waals surface area contributed by atoms with Crippen molar-refractivity contribution in [3.05, 3.63) is 35.1 Å². The van der Waals surface area contributed by atoms with Crippen molar-refractivity contribution < 1.29 is 18.3 Å². The molecule has 1 unspecified atom stereocenters. The monoisotopic (exact) mass is 176 g/mol. The molecule has 0 fully saturated rings. The minimum Gasteiger partial charge on any atom is -0.389 e. The summed E-state index contributed by atoms with van der Waals surface area (Å²) in [7, 11) is 0. The molecule has 0 aromatic heterocycles. The average Bonchev–Trinajstić information content (AvgIpc) is 1.99. The maximum atomic E-state index is 12.5. The topological polar surface area (TPSA) is 20.2 Å². The third-order valence-electron chi connectivity index (χ3n) is 1.49. The quantitative estimate of drug-likeness (QED) is 0.650. The predicted molar refractivity (Wildman–Crippen MR) is 36.9 cm³/mol. The predicted octanol–water partition coefficient (Wildman–Crippen LogP) is 2.16. The Hall–Kier alpha value is -1.03. The second kappa shape index (κ2) is 3.15. The Kier molecular flexibility index (Phi) is 2.38. The lowest BCUT2D eigenvalue weighted by molar-refractivity contribution is 0.197. The fourth-order valence-electron chi connectivity index (χ4n) is 0.816. The van der Waals surface area contributed by atoms with Gasteiger partial charge in [-0.15, -0.1) is 0 Å². The van der Waals surface area contributed by atoms with Crippen molar-refractivity contribution in [3.8, 4) is 0 Å². The van der Waals surface area contributed by atoms with Crippen LogP contribution in [0.5, 0.6) is 0 Å². The van der Waals surface area contributed by atoms with Gasteiger partial charge in [0.05, 0.1) is 6.10 Å². The van der Waals surface area contributed by atoms with Gasteiger partial charge in [0.1, 0.15) is 0 Å². The molecule has 1 aromatic rings. The number of aliphatic hydroxyl groups is 1. The van der Waals surface area contributed by atoms with Crippen molar-refractivity contribution in [1.82, 2.24) is 0 Å². The number of hydrogen-bond donors (Lipinski definition) is 1. The molecule has 0 radical (unpaired) electrons. The summed E-state index contributed by atoms with van der Waals surface area (Å²) >= 11 is 0. The minimum atomic E-state index is -1.51. The molecule has 0 saturated heterocycles. The van der Waals surface area contributed by atoms with Crippen molar-refractivity contribution in [2.24, 2.45) is 0 Å². The molecule has 0 aliphatic carbocycles. The molecule has 66 valence electrons. The molecule has 0 heterocycles. The van der Waals surface area contributed by atoms with E-state index < -0.39 is 23.6 Å². The summed E-state index contributed by atoms with van der Waals surface area (Å²) < 4.78 is 37.3. The maximum Gasteiger partial charge on any atom is 0.194 e. The van der Waals surface area contributed by atoms with Crippen LogP contribution in [0.4, 0.5) is 13.2 Å². The van der Waals surface area contributed by atoms with Crippen LogP contribution in [0, 0.1) is 17.5 Å². The summed E-state index contributed by atoms with van der Waals surface area (Å²) in [4.78, 5) is 0. The van der Waals surface area contributed by atoms with Crippen LogP contribution in [0.25, 0.3) is 0 Å². The van der Waals surface area contributed by atoms with Gasteiger partial charge in [-0.1, -0.05) is 0 Å². The van der Waals surface area contributed by atoms with Crippen LogP contribution in [0.3, 0.4) is 0 Å². The average molecular weight is 176 g/mol. The summed E-state index contributed by atoms with van der Waals surface area (Å²) in [5.74, 6) is -4.09. The van der Waals surface area contributed by atoms with Gasteiger partial charge < -0.3 is 5.11 Å². The van der Waals surface area contributed by atoms with Crippen molar-refractivity contribution in [2.45, 2.75) is 13.0 Å². The van der Waals surface area contributed by atoms with Crippen LogP contribution in [-0.2, 0) is 0 Å². The fourth-order valence-corrected chi connectivity index (χ4v) is 0.816. The summed E-state index contributed by atoms with van der Waals surface area (Å²) in [6, 6.07) is 1.53. The molecule has 1 nitrogen and oxygen atoms in total. The highest BCUT2D eigenvalue weighted by molar-refractivity contribution is 5.20. The molecule has 0 aliphatic heterocycles. The molecular weight excluding hydrogens is 169 g/mol. The van der Waals surface area contributed by atoms with Gasteiger partial charge in [0.15, 0.2) is 17.5 Å².